The number of nitrogens with one attached hydrogen (secondary N) is 2. The summed E-state index contributed by atoms with van der Waals surface area (Å²) in [7, 11) is -1.83. The van der Waals surface area contributed by atoms with E-state index in [1.165, 1.54) is 18.4 Å². The standard InChI is InChI=1S/C12H15N3O3S/c1-9(13-2)10-4-3-5-11(8-10)19(16,17)15-12-6-7-18-14-12/h3-9,13H,1-2H3,(H,14,15). The third-order valence-corrected chi connectivity index (χ3v) is 4.13. The van der Waals surface area contributed by atoms with Crippen LogP contribution in [0.15, 0.2) is 46.0 Å². The van der Waals surface area contributed by atoms with E-state index in [2.05, 4.69) is 19.7 Å². The third kappa shape index (κ3) is 3.12. The van der Waals surface area contributed by atoms with E-state index in [0.29, 0.717) is 0 Å². The van der Waals surface area contributed by atoms with Crippen molar-refractivity contribution in [3.8, 4) is 0 Å². The number of aromatic nitrogens is 1. The van der Waals surface area contributed by atoms with Gasteiger partial charge in [-0.2, -0.15) is 0 Å². The van der Waals surface area contributed by atoms with E-state index in [-0.39, 0.29) is 16.8 Å². The second kappa shape index (κ2) is 5.41. The van der Waals surface area contributed by atoms with Crippen molar-refractivity contribution in [2.75, 3.05) is 11.8 Å². The molecule has 1 aromatic carbocycles. The van der Waals surface area contributed by atoms with Gasteiger partial charge < -0.3 is 9.84 Å². The number of hydrogen-bond donors (Lipinski definition) is 2. The summed E-state index contributed by atoms with van der Waals surface area (Å²) in [4.78, 5) is 0.190. The maximum atomic E-state index is 12.1. The van der Waals surface area contributed by atoms with Gasteiger partial charge in [0.25, 0.3) is 10.0 Å². The maximum Gasteiger partial charge on any atom is 0.263 e. The van der Waals surface area contributed by atoms with Crippen LogP contribution in [-0.2, 0) is 10.0 Å². The Morgan fingerprint density at radius 3 is 2.74 bits per heavy atom. The zero-order chi connectivity index (χ0) is 13.9. The van der Waals surface area contributed by atoms with Gasteiger partial charge in [-0.3, -0.25) is 4.72 Å². The summed E-state index contributed by atoms with van der Waals surface area (Å²) >= 11 is 0. The maximum absolute atomic E-state index is 12.1. The van der Waals surface area contributed by atoms with Crippen LogP contribution >= 0.6 is 0 Å². The van der Waals surface area contributed by atoms with Gasteiger partial charge >= 0.3 is 0 Å². The average Bonchev–Trinajstić information content (AvgIpc) is 2.90. The van der Waals surface area contributed by atoms with Gasteiger partial charge in [-0.05, 0) is 31.7 Å². The Labute approximate surface area is 111 Å². The lowest BCUT2D eigenvalue weighted by Gasteiger charge is -2.12. The Kier molecular flexibility index (Phi) is 3.87. The molecule has 0 radical (unpaired) electrons. The van der Waals surface area contributed by atoms with Crippen LogP contribution in [0.1, 0.15) is 18.5 Å². The first-order valence-electron chi connectivity index (χ1n) is 5.73. The van der Waals surface area contributed by atoms with E-state index in [4.69, 9.17) is 0 Å². The zero-order valence-electron chi connectivity index (χ0n) is 10.6. The molecule has 1 unspecified atom stereocenters. The molecule has 6 nitrogen and oxygen atoms in total. The first kappa shape index (κ1) is 13.6. The summed E-state index contributed by atoms with van der Waals surface area (Å²) < 4.78 is 31.2. The minimum absolute atomic E-state index is 0.0715. The van der Waals surface area contributed by atoms with Crippen LogP contribution in [0.4, 0.5) is 5.82 Å². The third-order valence-electron chi connectivity index (χ3n) is 2.78. The van der Waals surface area contributed by atoms with Crippen LogP contribution in [0.25, 0.3) is 0 Å². The molecule has 0 aliphatic carbocycles. The number of rotatable bonds is 5. The van der Waals surface area contributed by atoms with E-state index >= 15 is 0 Å². The number of nitrogens with zero attached hydrogens (tertiary/aromatic N) is 1. The van der Waals surface area contributed by atoms with Crippen molar-refractivity contribution in [2.45, 2.75) is 17.9 Å². The van der Waals surface area contributed by atoms with Crippen LogP contribution < -0.4 is 10.0 Å². The van der Waals surface area contributed by atoms with Gasteiger partial charge in [-0.15, -0.1) is 0 Å². The van der Waals surface area contributed by atoms with Crippen LogP contribution in [0.3, 0.4) is 0 Å². The van der Waals surface area contributed by atoms with Gasteiger partial charge in [-0.1, -0.05) is 17.3 Å². The van der Waals surface area contributed by atoms with Gasteiger partial charge in [0.05, 0.1) is 4.90 Å². The highest BCUT2D eigenvalue weighted by atomic mass is 32.2. The van der Waals surface area contributed by atoms with Crippen molar-refractivity contribution >= 4 is 15.8 Å². The van der Waals surface area contributed by atoms with E-state index < -0.39 is 10.0 Å². The lowest BCUT2D eigenvalue weighted by molar-refractivity contribution is 0.423. The fraction of sp³-hybridized carbons (Fsp3) is 0.250. The molecule has 2 aromatic rings. The molecular formula is C12H15N3O3S. The van der Waals surface area contributed by atoms with Crippen molar-refractivity contribution in [3.05, 3.63) is 42.2 Å². The molecule has 0 saturated heterocycles. The van der Waals surface area contributed by atoms with Crippen LogP contribution in [0.2, 0.25) is 0 Å². The van der Waals surface area contributed by atoms with Crippen molar-refractivity contribution < 1.29 is 12.9 Å². The molecule has 0 aliphatic heterocycles. The Bertz CT molecular complexity index is 638. The van der Waals surface area contributed by atoms with Crippen LogP contribution in [0.5, 0.6) is 0 Å². The highest BCUT2D eigenvalue weighted by Crippen LogP contribution is 2.19. The molecule has 0 fully saturated rings. The number of benzene rings is 1. The lowest BCUT2D eigenvalue weighted by Crippen LogP contribution is -2.16. The highest BCUT2D eigenvalue weighted by molar-refractivity contribution is 7.92. The Morgan fingerprint density at radius 2 is 2.11 bits per heavy atom. The topological polar surface area (TPSA) is 84.2 Å². The lowest BCUT2D eigenvalue weighted by atomic mass is 10.1. The molecule has 0 bridgehead atoms. The van der Waals surface area contributed by atoms with Crippen LogP contribution in [0, 0.1) is 0 Å². The monoisotopic (exact) mass is 281 g/mol. The minimum Gasteiger partial charge on any atom is -0.363 e. The largest absolute Gasteiger partial charge is 0.363 e. The molecule has 1 atom stereocenters. The number of sulfonamides is 1. The van der Waals surface area contributed by atoms with Gasteiger partial charge in [0.1, 0.15) is 6.26 Å². The fourth-order valence-corrected chi connectivity index (χ4v) is 2.63. The van der Waals surface area contributed by atoms with Gasteiger partial charge in [0.2, 0.25) is 0 Å². The highest BCUT2D eigenvalue weighted by Gasteiger charge is 2.16. The Morgan fingerprint density at radius 1 is 1.32 bits per heavy atom. The van der Waals surface area contributed by atoms with E-state index in [0.717, 1.165) is 5.56 Å². The van der Waals surface area contributed by atoms with Crippen molar-refractivity contribution in [1.82, 2.24) is 10.5 Å². The van der Waals surface area contributed by atoms with Gasteiger partial charge in [0.15, 0.2) is 5.82 Å². The van der Waals surface area contributed by atoms with Crippen molar-refractivity contribution in [2.24, 2.45) is 0 Å². The molecule has 0 amide bonds. The molecule has 1 aromatic heterocycles. The van der Waals surface area contributed by atoms with Crippen molar-refractivity contribution in [1.29, 1.82) is 0 Å². The minimum atomic E-state index is -3.65. The summed E-state index contributed by atoms with van der Waals surface area (Å²) in [5.41, 5.74) is 0.894. The van der Waals surface area contributed by atoms with Crippen LogP contribution in [-0.4, -0.2) is 20.6 Å². The molecule has 102 valence electrons. The molecular weight excluding hydrogens is 266 g/mol. The predicted molar refractivity (Wildman–Crippen MR) is 71.2 cm³/mol. The average molecular weight is 281 g/mol. The summed E-state index contributed by atoms with van der Waals surface area (Å²) in [6.07, 6.45) is 1.30. The SMILES string of the molecule is CNC(C)c1cccc(S(=O)(=O)Nc2ccon2)c1. The molecule has 7 heteroatoms. The zero-order valence-corrected chi connectivity index (χ0v) is 11.4. The van der Waals surface area contributed by atoms with Gasteiger partial charge in [-0.25, -0.2) is 8.42 Å². The Balaban J connectivity index is 2.30. The normalized spacial score (nSPS) is 13.2. The second-order valence-corrected chi connectivity index (χ2v) is 5.76. The van der Waals surface area contributed by atoms with E-state index in [1.54, 1.807) is 12.1 Å². The van der Waals surface area contributed by atoms with E-state index in [1.807, 2.05) is 20.0 Å². The quantitative estimate of drug-likeness (QED) is 0.872. The second-order valence-electron chi connectivity index (χ2n) is 4.07. The first-order chi connectivity index (χ1) is 9.03. The smallest absolute Gasteiger partial charge is 0.263 e. The van der Waals surface area contributed by atoms with Gasteiger partial charge in [0, 0.05) is 12.1 Å². The van der Waals surface area contributed by atoms with Crippen molar-refractivity contribution in [3.63, 3.8) is 0 Å². The number of anilines is 1. The predicted octanol–water partition coefficient (Wildman–Crippen LogP) is 1.76. The first-order valence-corrected chi connectivity index (χ1v) is 7.21. The molecule has 0 spiro atoms. The molecule has 1 heterocycles. The van der Waals surface area contributed by atoms with E-state index in [9.17, 15) is 8.42 Å². The molecule has 0 aliphatic rings. The summed E-state index contributed by atoms with van der Waals surface area (Å²) in [6.45, 7) is 1.96. The fourth-order valence-electron chi connectivity index (χ4n) is 1.58. The summed E-state index contributed by atoms with van der Waals surface area (Å²) in [6, 6.07) is 8.26. The molecule has 2 rings (SSSR count). The summed E-state index contributed by atoms with van der Waals surface area (Å²) in [5, 5.41) is 6.59. The molecule has 0 saturated carbocycles. The molecule has 19 heavy (non-hydrogen) atoms. The Hall–Kier alpha value is -1.86. The molecule has 2 N–H and O–H groups in total. The number of hydrogen-bond acceptors (Lipinski definition) is 5. The summed E-state index contributed by atoms with van der Waals surface area (Å²) in [5.74, 6) is 0.159.